The number of nitrogens with zero attached hydrogens (tertiary/aromatic N) is 2. The second-order valence-electron chi connectivity index (χ2n) is 8.95. The Bertz CT molecular complexity index is 931. The number of carbonyl (C=O) groups is 1. The average Bonchev–Trinajstić information content (AvgIpc) is 2.84. The minimum Gasteiger partial charge on any atom is -0.468 e. The Balaban J connectivity index is 1.78. The van der Waals surface area contributed by atoms with Crippen molar-refractivity contribution in [2.75, 3.05) is 32.1 Å². The molecule has 1 N–H and O–H groups in total. The van der Waals surface area contributed by atoms with Gasteiger partial charge in [-0.1, -0.05) is 29.8 Å². The fourth-order valence-corrected chi connectivity index (χ4v) is 7.58. The summed E-state index contributed by atoms with van der Waals surface area (Å²) in [5.41, 5.74) is 1.56. The van der Waals surface area contributed by atoms with Gasteiger partial charge in [-0.2, -0.15) is 0 Å². The molecule has 6 atom stereocenters. The summed E-state index contributed by atoms with van der Waals surface area (Å²) < 4.78 is 12.0. The van der Waals surface area contributed by atoms with Crippen LogP contribution in [0.3, 0.4) is 0 Å². The number of ether oxygens (including phenoxy) is 2. The lowest BCUT2D eigenvalue weighted by molar-refractivity contribution is -0.287. The van der Waals surface area contributed by atoms with Crippen LogP contribution >= 0.6 is 0 Å². The largest absolute Gasteiger partial charge is 0.468 e. The van der Waals surface area contributed by atoms with E-state index < -0.39 is 22.8 Å². The zero-order valence-electron chi connectivity index (χ0n) is 16.5. The molecule has 6 rings (SSSR count). The van der Waals surface area contributed by atoms with Crippen molar-refractivity contribution in [3.05, 3.63) is 41.5 Å². The molecule has 148 valence electrons. The van der Waals surface area contributed by atoms with Gasteiger partial charge in [-0.05, 0) is 31.4 Å². The quantitative estimate of drug-likeness (QED) is 0.589. The topological polar surface area (TPSA) is 62.2 Å². The van der Waals surface area contributed by atoms with Gasteiger partial charge in [0.2, 0.25) is 0 Å². The number of esters is 1. The van der Waals surface area contributed by atoms with Gasteiger partial charge in [-0.15, -0.1) is 0 Å². The van der Waals surface area contributed by atoms with E-state index in [0.717, 1.165) is 30.8 Å². The van der Waals surface area contributed by atoms with Gasteiger partial charge >= 0.3 is 5.97 Å². The maximum Gasteiger partial charge on any atom is 0.318 e. The summed E-state index contributed by atoms with van der Waals surface area (Å²) in [7, 11) is 3.43. The second kappa shape index (κ2) is 4.99. The number of para-hydroxylation sites is 1. The lowest BCUT2D eigenvalue weighted by Crippen LogP contribution is -2.80. The third kappa shape index (κ3) is 1.39. The molecular weight excluding hydrogens is 356 g/mol. The number of anilines is 1. The summed E-state index contributed by atoms with van der Waals surface area (Å²) in [4.78, 5) is 18.1. The van der Waals surface area contributed by atoms with Gasteiger partial charge in [0, 0.05) is 31.7 Å². The molecular formula is C22H26N2O4. The van der Waals surface area contributed by atoms with Crippen LogP contribution in [0.4, 0.5) is 5.69 Å². The van der Waals surface area contributed by atoms with Gasteiger partial charge < -0.3 is 19.5 Å². The van der Waals surface area contributed by atoms with Crippen LogP contribution in [-0.2, 0) is 19.7 Å². The monoisotopic (exact) mass is 382 g/mol. The molecule has 0 amide bonds. The number of methoxy groups -OCH3 is 1. The summed E-state index contributed by atoms with van der Waals surface area (Å²) in [6.07, 6.45) is 3.01. The molecule has 28 heavy (non-hydrogen) atoms. The molecule has 1 aromatic carbocycles. The number of aliphatic hydroxyl groups is 1. The highest BCUT2D eigenvalue weighted by Crippen LogP contribution is 2.76. The van der Waals surface area contributed by atoms with Crippen molar-refractivity contribution in [1.29, 1.82) is 0 Å². The summed E-state index contributed by atoms with van der Waals surface area (Å²) in [6.45, 7) is 3.67. The number of hydrogen-bond donors (Lipinski definition) is 1. The van der Waals surface area contributed by atoms with E-state index in [2.05, 4.69) is 30.0 Å². The minimum absolute atomic E-state index is 0.00455. The van der Waals surface area contributed by atoms with Crippen LogP contribution in [0.2, 0.25) is 0 Å². The van der Waals surface area contributed by atoms with Crippen molar-refractivity contribution >= 4 is 11.7 Å². The molecule has 6 bridgehead atoms. The molecule has 1 spiro atoms. The molecule has 4 heterocycles. The van der Waals surface area contributed by atoms with E-state index in [4.69, 9.17) is 9.47 Å². The summed E-state index contributed by atoms with van der Waals surface area (Å²) in [6, 6.07) is 8.04. The van der Waals surface area contributed by atoms with Gasteiger partial charge in [0.25, 0.3) is 0 Å². The van der Waals surface area contributed by atoms with Gasteiger partial charge in [0.05, 0.1) is 18.6 Å². The molecule has 6 nitrogen and oxygen atoms in total. The molecule has 1 aromatic rings. The third-order valence-electron chi connectivity index (χ3n) is 8.50. The Morgan fingerprint density at radius 2 is 2.18 bits per heavy atom. The smallest absolute Gasteiger partial charge is 0.318 e. The number of allylic oxidation sites excluding steroid dienone is 1. The first kappa shape index (κ1) is 17.0. The first-order valence-electron chi connectivity index (χ1n) is 10.2. The Morgan fingerprint density at radius 1 is 1.39 bits per heavy atom. The van der Waals surface area contributed by atoms with Crippen molar-refractivity contribution in [1.82, 2.24) is 4.90 Å². The van der Waals surface area contributed by atoms with Crippen LogP contribution < -0.4 is 4.90 Å². The Labute approximate surface area is 164 Å². The summed E-state index contributed by atoms with van der Waals surface area (Å²) in [5, 5.41) is 12.2. The number of benzene rings is 1. The van der Waals surface area contributed by atoms with Gasteiger partial charge in [-0.3, -0.25) is 9.69 Å². The Kier molecular flexibility index (Phi) is 3.03. The van der Waals surface area contributed by atoms with E-state index in [-0.39, 0.29) is 17.9 Å². The highest BCUT2D eigenvalue weighted by atomic mass is 16.7. The van der Waals surface area contributed by atoms with Crippen molar-refractivity contribution in [2.45, 2.75) is 43.2 Å². The molecule has 0 radical (unpaired) electrons. The first-order chi connectivity index (χ1) is 13.5. The maximum absolute atomic E-state index is 13.7. The first-order valence-corrected chi connectivity index (χ1v) is 10.2. The van der Waals surface area contributed by atoms with E-state index in [1.165, 1.54) is 12.7 Å². The van der Waals surface area contributed by atoms with E-state index in [1.54, 1.807) is 0 Å². The van der Waals surface area contributed by atoms with Crippen molar-refractivity contribution in [2.24, 2.45) is 11.3 Å². The van der Waals surface area contributed by atoms with Crippen molar-refractivity contribution in [3.63, 3.8) is 0 Å². The Hall–Kier alpha value is -1.89. The molecule has 0 unspecified atom stereocenters. The molecule has 1 aliphatic carbocycles. The van der Waals surface area contributed by atoms with Gasteiger partial charge in [0.1, 0.15) is 5.41 Å². The van der Waals surface area contributed by atoms with Crippen molar-refractivity contribution < 1.29 is 19.4 Å². The molecule has 5 aliphatic rings. The van der Waals surface area contributed by atoms with Crippen LogP contribution in [0.25, 0.3) is 0 Å². The summed E-state index contributed by atoms with van der Waals surface area (Å²) >= 11 is 0. The number of rotatable bonds is 1. The lowest BCUT2D eigenvalue weighted by atomic mass is 9.41. The average molecular weight is 382 g/mol. The summed E-state index contributed by atoms with van der Waals surface area (Å²) in [5.74, 6) is -1.66. The minimum atomic E-state index is -1.40. The maximum atomic E-state index is 13.7. The number of piperidine rings is 2. The van der Waals surface area contributed by atoms with Crippen LogP contribution in [0.1, 0.15) is 25.3 Å². The fourth-order valence-electron chi connectivity index (χ4n) is 7.58. The number of carbonyl (C=O) groups excluding carboxylic acids is 1. The van der Waals surface area contributed by atoms with E-state index in [9.17, 15) is 9.90 Å². The van der Waals surface area contributed by atoms with Gasteiger partial charge in [-0.25, -0.2) is 0 Å². The second-order valence-corrected chi connectivity index (χ2v) is 8.95. The molecule has 0 aromatic heterocycles. The van der Waals surface area contributed by atoms with E-state index in [0.29, 0.717) is 6.42 Å². The van der Waals surface area contributed by atoms with Crippen molar-refractivity contribution in [3.8, 4) is 0 Å². The van der Waals surface area contributed by atoms with Crippen LogP contribution in [0, 0.1) is 11.3 Å². The Morgan fingerprint density at radius 3 is 2.93 bits per heavy atom. The SMILES string of the molecule is C/C=C1\CN2CC[C@@]34c5ccccc5N(C)[C@H]5O[C@]3(O)[C@@H]2C[C@@H]1[C@]54C(=O)OC. The fraction of sp³-hybridized carbons (Fsp3) is 0.591. The number of fused-ring (bicyclic) bond motifs is 2. The van der Waals surface area contributed by atoms with Crippen LogP contribution in [-0.4, -0.2) is 61.3 Å². The van der Waals surface area contributed by atoms with Crippen LogP contribution in [0.15, 0.2) is 35.9 Å². The molecule has 4 fully saturated rings. The third-order valence-corrected chi connectivity index (χ3v) is 8.50. The molecule has 3 saturated heterocycles. The molecule has 6 heteroatoms. The molecule has 1 saturated carbocycles. The normalized spacial score (nSPS) is 46.6. The van der Waals surface area contributed by atoms with E-state index >= 15 is 0 Å². The predicted molar refractivity (Wildman–Crippen MR) is 103 cm³/mol. The van der Waals surface area contributed by atoms with Crippen LogP contribution in [0.5, 0.6) is 0 Å². The standard InChI is InChI=1S/C22H26N2O4/c1-4-13-12-24-10-9-20-14-7-5-6-8-16(14)23(2)18-21(20,19(25)27-3)15(13)11-17(24)22(20,26)28-18/h4-8,15,17-18,26H,9-12H2,1-3H3/b13-4+/t15-,17-,18-,20-,21+,22+/m0/s1. The molecule has 4 aliphatic heterocycles. The number of hydrogen-bond acceptors (Lipinski definition) is 6. The zero-order chi connectivity index (χ0) is 19.5. The lowest BCUT2D eigenvalue weighted by Gasteiger charge is -2.67. The van der Waals surface area contributed by atoms with Gasteiger partial charge in [0.15, 0.2) is 12.0 Å². The van der Waals surface area contributed by atoms with E-state index in [1.807, 2.05) is 24.1 Å². The predicted octanol–water partition coefficient (Wildman–Crippen LogP) is 1.63. The highest BCUT2D eigenvalue weighted by molar-refractivity contribution is 5.87. The zero-order valence-corrected chi connectivity index (χ0v) is 16.5. The highest BCUT2D eigenvalue weighted by Gasteiger charge is 2.88.